The number of aromatic nitrogens is 2. The van der Waals surface area contributed by atoms with Crippen molar-refractivity contribution in [2.45, 2.75) is 65.5 Å². The van der Waals surface area contributed by atoms with Gasteiger partial charge in [0, 0.05) is 29.8 Å². The van der Waals surface area contributed by atoms with Gasteiger partial charge in [-0.2, -0.15) is 13.2 Å². The average molecular weight is 460 g/mol. The van der Waals surface area contributed by atoms with Gasteiger partial charge in [0.25, 0.3) is 0 Å². The van der Waals surface area contributed by atoms with Crippen molar-refractivity contribution in [1.29, 1.82) is 0 Å². The van der Waals surface area contributed by atoms with Crippen molar-refractivity contribution >= 4 is 11.7 Å². The summed E-state index contributed by atoms with van der Waals surface area (Å²) in [7, 11) is 0. The molecule has 0 atom stereocenters. The van der Waals surface area contributed by atoms with Crippen molar-refractivity contribution in [3.63, 3.8) is 0 Å². The Morgan fingerprint density at radius 3 is 2.58 bits per heavy atom. The second-order valence-electron chi connectivity index (χ2n) is 8.73. The highest BCUT2D eigenvalue weighted by atomic mass is 19.4. The van der Waals surface area contributed by atoms with Crippen LogP contribution in [0.3, 0.4) is 0 Å². The Morgan fingerprint density at radius 2 is 1.88 bits per heavy atom. The molecule has 0 aliphatic heterocycles. The molecule has 3 rings (SSSR count). The summed E-state index contributed by atoms with van der Waals surface area (Å²) in [5, 5.41) is 6.44. The first-order valence-electron chi connectivity index (χ1n) is 11.5. The molecule has 178 valence electrons. The van der Waals surface area contributed by atoms with Gasteiger partial charge in [-0.1, -0.05) is 45.5 Å². The molecule has 0 unspecified atom stereocenters. The molecule has 1 heterocycles. The Kier molecular flexibility index (Phi) is 8.10. The van der Waals surface area contributed by atoms with Crippen LogP contribution in [0.15, 0.2) is 41.7 Å². The second kappa shape index (κ2) is 10.8. The van der Waals surface area contributed by atoms with Gasteiger partial charge in [0.05, 0.1) is 5.56 Å². The minimum atomic E-state index is -4.49. The lowest BCUT2D eigenvalue weighted by molar-refractivity contribution is -0.137. The number of amidine groups is 1. The normalized spacial score (nSPS) is 14.2. The highest BCUT2D eigenvalue weighted by Gasteiger charge is 2.34. The van der Waals surface area contributed by atoms with Gasteiger partial charge in [-0.15, -0.1) is 0 Å². The molecule has 1 aromatic carbocycles. The topological polar surface area (TPSA) is 62.2 Å². The molecule has 5 nitrogen and oxygen atoms in total. The largest absolute Gasteiger partial charge is 0.417 e. The molecule has 0 radical (unpaired) electrons. The van der Waals surface area contributed by atoms with E-state index in [2.05, 4.69) is 52.9 Å². The summed E-state index contributed by atoms with van der Waals surface area (Å²) in [5.74, 6) is 2.31. The number of fused-ring (bicyclic) bond motifs is 1. The third kappa shape index (κ3) is 6.55. The molecule has 0 spiro atoms. The Hall–Kier alpha value is -2.90. The molecule has 0 saturated heterocycles. The highest BCUT2D eigenvalue weighted by Crippen LogP contribution is 2.37. The number of aliphatic imine (C=N–C) groups is 1. The van der Waals surface area contributed by atoms with E-state index < -0.39 is 11.7 Å². The van der Waals surface area contributed by atoms with E-state index in [4.69, 9.17) is 0 Å². The molecule has 2 aromatic rings. The number of hydrogen-bond donors (Lipinski definition) is 2. The minimum absolute atomic E-state index is 0.0231. The van der Waals surface area contributed by atoms with Gasteiger partial charge in [0.1, 0.15) is 17.5 Å². The lowest BCUT2D eigenvalue weighted by Crippen LogP contribution is -2.29. The van der Waals surface area contributed by atoms with E-state index in [9.17, 15) is 13.2 Å². The van der Waals surface area contributed by atoms with E-state index in [-0.39, 0.29) is 11.4 Å². The van der Waals surface area contributed by atoms with Crippen LogP contribution in [-0.2, 0) is 19.0 Å². The van der Waals surface area contributed by atoms with Crippen LogP contribution in [0.2, 0.25) is 0 Å². The lowest BCUT2D eigenvalue weighted by atomic mass is 9.95. The van der Waals surface area contributed by atoms with Crippen molar-refractivity contribution in [2.24, 2.45) is 10.9 Å². The van der Waals surface area contributed by atoms with Gasteiger partial charge in [-0.25, -0.2) is 9.97 Å². The number of alkyl halides is 3. The van der Waals surface area contributed by atoms with Crippen LogP contribution < -0.4 is 10.6 Å². The Bertz CT molecular complexity index is 1010. The predicted molar refractivity (Wildman–Crippen MR) is 127 cm³/mol. The number of rotatable bonds is 8. The van der Waals surface area contributed by atoms with Gasteiger partial charge in [0.15, 0.2) is 5.82 Å². The third-order valence-electron chi connectivity index (χ3n) is 5.35. The third-order valence-corrected chi connectivity index (χ3v) is 5.35. The van der Waals surface area contributed by atoms with Crippen LogP contribution in [-0.4, -0.2) is 22.3 Å². The molecule has 0 amide bonds. The fraction of sp³-hybridized carbons (Fsp3) is 0.480. The smallest absolute Gasteiger partial charge is 0.331 e. The molecule has 1 aliphatic carbocycles. The highest BCUT2D eigenvalue weighted by molar-refractivity contribution is 5.84. The molecule has 0 bridgehead atoms. The molecule has 1 aliphatic rings. The van der Waals surface area contributed by atoms with Gasteiger partial charge in [-0.05, 0) is 44.1 Å². The van der Waals surface area contributed by atoms with Gasteiger partial charge in [0.2, 0.25) is 0 Å². The molecular formula is C25H32F3N5. The summed E-state index contributed by atoms with van der Waals surface area (Å²) in [4.78, 5) is 13.7. The van der Waals surface area contributed by atoms with E-state index in [1.165, 1.54) is 12.1 Å². The maximum absolute atomic E-state index is 13.6. The van der Waals surface area contributed by atoms with E-state index in [0.29, 0.717) is 30.5 Å². The molecule has 2 N–H and O–H groups in total. The van der Waals surface area contributed by atoms with Crippen molar-refractivity contribution in [3.05, 3.63) is 53.5 Å². The zero-order valence-electron chi connectivity index (χ0n) is 19.5. The summed E-state index contributed by atoms with van der Waals surface area (Å²) in [6.45, 7) is 11.1. The molecular weight excluding hydrogens is 427 g/mol. The average Bonchev–Trinajstić information content (AvgIpc) is 2.76. The number of hydrogen-bond acceptors (Lipinski definition) is 4. The first kappa shape index (κ1) is 24.7. The van der Waals surface area contributed by atoms with Crippen molar-refractivity contribution in [2.75, 3.05) is 11.9 Å². The van der Waals surface area contributed by atoms with Crippen LogP contribution in [0.25, 0.3) is 11.4 Å². The van der Waals surface area contributed by atoms with E-state index in [1.807, 2.05) is 0 Å². The fourth-order valence-corrected chi connectivity index (χ4v) is 3.88. The number of anilines is 1. The first-order chi connectivity index (χ1) is 15.7. The quantitative estimate of drug-likeness (QED) is 0.356. The van der Waals surface area contributed by atoms with Crippen molar-refractivity contribution in [1.82, 2.24) is 15.3 Å². The fourth-order valence-electron chi connectivity index (χ4n) is 3.88. The lowest BCUT2D eigenvalue weighted by Gasteiger charge is -2.22. The maximum Gasteiger partial charge on any atom is 0.417 e. The van der Waals surface area contributed by atoms with E-state index in [1.54, 1.807) is 6.07 Å². The van der Waals surface area contributed by atoms with Crippen LogP contribution >= 0.6 is 0 Å². The predicted octanol–water partition coefficient (Wildman–Crippen LogP) is 6.37. The zero-order valence-corrected chi connectivity index (χ0v) is 19.5. The number of halogens is 3. The summed E-state index contributed by atoms with van der Waals surface area (Å²) >= 11 is 0. The summed E-state index contributed by atoms with van der Waals surface area (Å²) in [5.41, 5.74) is 0.966. The number of benzene rings is 1. The molecule has 0 fully saturated rings. The number of nitrogens with zero attached hydrogens (tertiary/aromatic N) is 3. The van der Waals surface area contributed by atoms with Gasteiger partial charge < -0.3 is 10.6 Å². The Morgan fingerprint density at radius 1 is 1.15 bits per heavy atom. The Labute approximate surface area is 193 Å². The summed E-state index contributed by atoms with van der Waals surface area (Å²) in [6, 6.07) is 5.43. The molecule has 8 heteroatoms. The Balaban J connectivity index is 1.95. The maximum atomic E-state index is 13.6. The van der Waals surface area contributed by atoms with Crippen molar-refractivity contribution < 1.29 is 13.2 Å². The van der Waals surface area contributed by atoms with E-state index in [0.717, 1.165) is 55.3 Å². The first-order valence-corrected chi connectivity index (χ1v) is 11.5. The standard InChI is InChI=1S/C25H32F3N5/c1-5-14-29-22(15-16(2)3)30-17(4)31-24-19-11-7-9-13-21(19)32-23(33-24)18-10-6-8-12-20(18)25(26,27)28/h6,8,10,12,16H,4-5,7,9,11,13-15H2,1-3H3,(H,29,30)(H,31,32,33). The van der Waals surface area contributed by atoms with Crippen LogP contribution in [0, 0.1) is 5.92 Å². The SMILES string of the molecule is C=C(NC(CC(C)C)=NCCC)Nc1nc(-c2ccccc2C(F)(F)F)nc2c1CCCC2. The van der Waals surface area contributed by atoms with Crippen LogP contribution in [0.4, 0.5) is 19.0 Å². The monoisotopic (exact) mass is 459 g/mol. The molecule has 33 heavy (non-hydrogen) atoms. The van der Waals surface area contributed by atoms with Gasteiger partial charge >= 0.3 is 6.18 Å². The number of aryl methyl sites for hydroxylation is 1. The van der Waals surface area contributed by atoms with Gasteiger partial charge in [-0.3, -0.25) is 4.99 Å². The van der Waals surface area contributed by atoms with Crippen LogP contribution in [0.5, 0.6) is 0 Å². The zero-order chi connectivity index (χ0) is 24.0. The second-order valence-corrected chi connectivity index (χ2v) is 8.73. The summed E-state index contributed by atoms with van der Waals surface area (Å²) in [6.07, 6.45) is 0.637. The number of nitrogens with one attached hydrogen (secondary N) is 2. The molecule has 0 saturated carbocycles. The van der Waals surface area contributed by atoms with E-state index >= 15 is 0 Å². The van der Waals surface area contributed by atoms with Crippen LogP contribution in [0.1, 0.15) is 63.3 Å². The van der Waals surface area contributed by atoms with Crippen molar-refractivity contribution in [3.8, 4) is 11.4 Å². The molecule has 1 aromatic heterocycles. The summed E-state index contributed by atoms with van der Waals surface area (Å²) < 4.78 is 40.9. The minimum Gasteiger partial charge on any atom is -0.331 e.